The Hall–Kier alpha value is -1.81. The fraction of sp³-hybridized carbons (Fsp3) is 0.188. The summed E-state index contributed by atoms with van der Waals surface area (Å²) in [7, 11) is 0. The van der Waals surface area contributed by atoms with E-state index in [4.69, 9.17) is 5.73 Å². The van der Waals surface area contributed by atoms with Gasteiger partial charge in [-0.1, -0.05) is 46.3 Å². The van der Waals surface area contributed by atoms with E-state index in [1.54, 1.807) is 6.07 Å². The van der Waals surface area contributed by atoms with Crippen LogP contribution in [0.1, 0.15) is 34.5 Å². The van der Waals surface area contributed by atoms with Gasteiger partial charge in [-0.2, -0.15) is 0 Å². The SMILES string of the molecule is Cc1cccc(C(=O)NC(C)c2ccccc2Br)c1N. The van der Waals surface area contributed by atoms with Crippen molar-refractivity contribution in [3.63, 3.8) is 0 Å². The molecule has 1 amide bonds. The van der Waals surface area contributed by atoms with E-state index in [1.807, 2.05) is 50.2 Å². The van der Waals surface area contributed by atoms with Crippen molar-refractivity contribution in [2.75, 3.05) is 5.73 Å². The molecule has 0 radical (unpaired) electrons. The molecule has 3 nitrogen and oxygen atoms in total. The Bertz CT molecular complexity index is 640. The third kappa shape index (κ3) is 3.02. The summed E-state index contributed by atoms with van der Waals surface area (Å²) >= 11 is 3.49. The summed E-state index contributed by atoms with van der Waals surface area (Å²) in [5, 5.41) is 2.97. The van der Waals surface area contributed by atoms with Crippen molar-refractivity contribution in [2.45, 2.75) is 19.9 Å². The van der Waals surface area contributed by atoms with Crippen LogP contribution in [0.4, 0.5) is 5.69 Å². The molecule has 0 aliphatic rings. The predicted octanol–water partition coefficient (Wildman–Crippen LogP) is 3.83. The molecule has 0 aromatic heterocycles. The van der Waals surface area contributed by atoms with Gasteiger partial charge in [0, 0.05) is 10.2 Å². The number of hydrogen-bond acceptors (Lipinski definition) is 2. The summed E-state index contributed by atoms with van der Waals surface area (Å²) in [6.45, 7) is 3.84. The second kappa shape index (κ2) is 6.09. The number of anilines is 1. The second-order valence-corrected chi connectivity index (χ2v) is 5.61. The van der Waals surface area contributed by atoms with Crippen LogP contribution >= 0.6 is 15.9 Å². The van der Waals surface area contributed by atoms with E-state index in [0.717, 1.165) is 15.6 Å². The maximum atomic E-state index is 12.3. The maximum Gasteiger partial charge on any atom is 0.253 e. The molecule has 0 bridgehead atoms. The second-order valence-electron chi connectivity index (χ2n) is 4.75. The van der Waals surface area contributed by atoms with E-state index in [1.165, 1.54) is 0 Å². The number of nitrogens with two attached hydrogens (primary N) is 1. The third-order valence-corrected chi connectivity index (χ3v) is 4.01. The zero-order valence-corrected chi connectivity index (χ0v) is 13.1. The number of hydrogen-bond donors (Lipinski definition) is 2. The van der Waals surface area contributed by atoms with E-state index < -0.39 is 0 Å². The van der Waals surface area contributed by atoms with Crippen LogP contribution in [-0.2, 0) is 0 Å². The molecule has 0 fully saturated rings. The van der Waals surface area contributed by atoms with Crippen LogP contribution in [0, 0.1) is 6.92 Å². The largest absolute Gasteiger partial charge is 0.398 e. The molecule has 3 N–H and O–H groups in total. The Morgan fingerprint density at radius 3 is 2.60 bits per heavy atom. The highest BCUT2D eigenvalue weighted by Gasteiger charge is 2.15. The van der Waals surface area contributed by atoms with Crippen molar-refractivity contribution in [3.8, 4) is 0 Å². The summed E-state index contributed by atoms with van der Waals surface area (Å²) in [6.07, 6.45) is 0. The van der Waals surface area contributed by atoms with Gasteiger partial charge >= 0.3 is 0 Å². The number of carbonyl (C=O) groups is 1. The van der Waals surface area contributed by atoms with Crippen molar-refractivity contribution in [2.24, 2.45) is 0 Å². The summed E-state index contributed by atoms with van der Waals surface area (Å²) < 4.78 is 0.977. The normalized spacial score (nSPS) is 11.9. The lowest BCUT2D eigenvalue weighted by molar-refractivity contribution is 0.0940. The molecule has 0 spiro atoms. The lowest BCUT2D eigenvalue weighted by Gasteiger charge is -2.17. The van der Waals surface area contributed by atoms with E-state index in [-0.39, 0.29) is 11.9 Å². The first-order valence-corrected chi connectivity index (χ1v) is 7.20. The highest BCUT2D eigenvalue weighted by Crippen LogP contribution is 2.24. The first kappa shape index (κ1) is 14.6. The van der Waals surface area contributed by atoms with E-state index in [9.17, 15) is 4.79 Å². The van der Waals surface area contributed by atoms with Crippen LogP contribution in [0.25, 0.3) is 0 Å². The van der Waals surface area contributed by atoms with Gasteiger partial charge in [-0.25, -0.2) is 0 Å². The van der Waals surface area contributed by atoms with Crippen LogP contribution in [0.5, 0.6) is 0 Å². The topological polar surface area (TPSA) is 55.1 Å². The van der Waals surface area contributed by atoms with E-state index in [2.05, 4.69) is 21.2 Å². The van der Waals surface area contributed by atoms with Gasteiger partial charge in [0.2, 0.25) is 0 Å². The first-order valence-electron chi connectivity index (χ1n) is 6.41. The number of rotatable bonds is 3. The monoisotopic (exact) mass is 332 g/mol. The van der Waals surface area contributed by atoms with Crippen molar-refractivity contribution >= 4 is 27.5 Å². The molecule has 0 aliphatic carbocycles. The number of para-hydroxylation sites is 1. The quantitative estimate of drug-likeness (QED) is 0.839. The minimum atomic E-state index is -0.158. The Morgan fingerprint density at radius 2 is 1.90 bits per heavy atom. The zero-order valence-electron chi connectivity index (χ0n) is 11.5. The smallest absolute Gasteiger partial charge is 0.253 e. The summed E-state index contributed by atoms with van der Waals surface area (Å²) in [6, 6.07) is 13.2. The van der Waals surface area contributed by atoms with Crippen LogP contribution in [-0.4, -0.2) is 5.91 Å². The number of amides is 1. The lowest BCUT2D eigenvalue weighted by atomic mass is 10.1. The average molecular weight is 333 g/mol. The standard InChI is InChI=1S/C16H17BrN2O/c1-10-6-5-8-13(15(10)18)16(20)19-11(2)12-7-3-4-9-14(12)17/h3-9,11H,18H2,1-2H3,(H,19,20). The van der Waals surface area contributed by atoms with Crippen molar-refractivity contribution < 1.29 is 4.79 Å². The molecular formula is C16H17BrN2O. The van der Waals surface area contributed by atoms with Gasteiger partial charge in [0.15, 0.2) is 0 Å². The van der Waals surface area contributed by atoms with Gasteiger partial charge in [0.25, 0.3) is 5.91 Å². The Kier molecular flexibility index (Phi) is 4.45. The van der Waals surface area contributed by atoms with Gasteiger partial charge in [0.05, 0.1) is 11.6 Å². The number of nitrogen functional groups attached to an aromatic ring is 1. The molecule has 20 heavy (non-hydrogen) atoms. The molecule has 1 unspecified atom stereocenters. The molecule has 0 heterocycles. The van der Waals surface area contributed by atoms with Crippen LogP contribution in [0.2, 0.25) is 0 Å². The highest BCUT2D eigenvalue weighted by molar-refractivity contribution is 9.10. The Labute approximate surface area is 127 Å². The number of aryl methyl sites for hydroxylation is 1. The fourth-order valence-corrected chi connectivity index (χ4v) is 2.69. The van der Waals surface area contributed by atoms with Crippen molar-refractivity contribution in [1.82, 2.24) is 5.32 Å². The van der Waals surface area contributed by atoms with Crippen LogP contribution in [0.15, 0.2) is 46.9 Å². The Balaban J connectivity index is 2.20. The molecule has 0 saturated heterocycles. The van der Waals surface area contributed by atoms with Gasteiger partial charge in [-0.05, 0) is 37.1 Å². The summed E-state index contributed by atoms with van der Waals surface area (Å²) in [5.74, 6) is -0.158. The molecular weight excluding hydrogens is 316 g/mol. The molecule has 0 aliphatic heterocycles. The zero-order chi connectivity index (χ0) is 14.7. The highest BCUT2D eigenvalue weighted by atomic mass is 79.9. The van der Waals surface area contributed by atoms with Gasteiger partial charge in [-0.15, -0.1) is 0 Å². The number of benzene rings is 2. The molecule has 104 valence electrons. The van der Waals surface area contributed by atoms with Gasteiger partial charge in [-0.3, -0.25) is 4.79 Å². The lowest BCUT2D eigenvalue weighted by Crippen LogP contribution is -2.27. The fourth-order valence-electron chi connectivity index (χ4n) is 2.06. The van der Waals surface area contributed by atoms with Crippen LogP contribution < -0.4 is 11.1 Å². The molecule has 2 rings (SSSR count). The van der Waals surface area contributed by atoms with Gasteiger partial charge < -0.3 is 11.1 Å². The minimum absolute atomic E-state index is 0.0991. The number of carbonyl (C=O) groups excluding carboxylic acids is 1. The molecule has 2 aromatic carbocycles. The number of nitrogens with one attached hydrogen (secondary N) is 1. The first-order chi connectivity index (χ1) is 9.50. The van der Waals surface area contributed by atoms with Crippen molar-refractivity contribution in [3.05, 3.63) is 63.6 Å². The van der Waals surface area contributed by atoms with Crippen LogP contribution in [0.3, 0.4) is 0 Å². The summed E-state index contributed by atoms with van der Waals surface area (Å²) in [4.78, 5) is 12.3. The third-order valence-electron chi connectivity index (χ3n) is 3.29. The predicted molar refractivity (Wildman–Crippen MR) is 85.6 cm³/mol. The van der Waals surface area contributed by atoms with E-state index in [0.29, 0.717) is 11.3 Å². The van der Waals surface area contributed by atoms with Gasteiger partial charge in [0.1, 0.15) is 0 Å². The van der Waals surface area contributed by atoms with E-state index >= 15 is 0 Å². The summed E-state index contributed by atoms with van der Waals surface area (Å²) in [5.41, 5.74) is 8.95. The molecule has 4 heteroatoms. The Morgan fingerprint density at radius 1 is 1.20 bits per heavy atom. The average Bonchev–Trinajstić information content (AvgIpc) is 2.42. The molecule has 1 atom stereocenters. The molecule has 0 saturated carbocycles. The number of halogens is 1. The van der Waals surface area contributed by atoms with Crippen molar-refractivity contribution in [1.29, 1.82) is 0 Å². The molecule has 2 aromatic rings. The minimum Gasteiger partial charge on any atom is -0.398 e. The maximum absolute atomic E-state index is 12.3.